The van der Waals surface area contributed by atoms with Crippen LogP contribution in [0.2, 0.25) is 5.02 Å². The molecule has 1 aliphatic heterocycles. The summed E-state index contributed by atoms with van der Waals surface area (Å²) in [5.74, 6) is 0.839. The molecule has 0 spiro atoms. The largest absolute Gasteiger partial charge is 0.371 e. The van der Waals surface area contributed by atoms with Crippen molar-refractivity contribution in [2.75, 3.05) is 23.3 Å². The first-order valence-corrected chi connectivity index (χ1v) is 9.41. The van der Waals surface area contributed by atoms with Crippen LogP contribution in [-0.2, 0) is 0 Å². The Morgan fingerprint density at radius 2 is 2.00 bits per heavy atom. The molecule has 0 aliphatic carbocycles. The maximum absolute atomic E-state index is 6.35. The molecule has 2 aromatic heterocycles. The third kappa shape index (κ3) is 3.55. The van der Waals surface area contributed by atoms with Crippen LogP contribution < -0.4 is 10.2 Å². The molecule has 1 aliphatic rings. The SMILES string of the molecule is Clc1cc(Br)cc2c(N3CCC(Nc4cccnn4)CC3)ccnc12. The molecule has 4 rings (SSSR count). The van der Waals surface area contributed by atoms with Gasteiger partial charge in [-0.3, -0.25) is 4.98 Å². The topological polar surface area (TPSA) is 53.9 Å². The highest BCUT2D eigenvalue weighted by Gasteiger charge is 2.21. The standard InChI is InChI=1S/C18H17BrClN5/c19-12-10-14-16(3-7-21-18(14)15(20)11-12)25-8-4-13(5-9-25)23-17-2-1-6-22-24-17/h1-3,6-7,10-11,13H,4-5,8-9H2,(H,23,24). The Balaban J connectivity index is 1.52. The van der Waals surface area contributed by atoms with Gasteiger partial charge in [0.2, 0.25) is 0 Å². The molecule has 0 saturated carbocycles. The highest BCUT2D eigenvalue weighted by Crippen LogP contribution is 2.34. The molecular weight excluding hydrogens is 402 g/mol. The van der Waals surface area contributed by atoms with Crippen LogP contribution in [0.3, 0.4) is 0 Å². The molecule has 0 bridgehead atoms. The summed E-state index contributed by atoms with van der Waals surface area (Å²) in [7, 11) is 0. The lowest BCUT2D eigenvalue weighted by Crippen LogP contribution is -2.39. The number of benzene rings is 1. The molecule has 3 aromatic rings. The first-order valence-electron chi connectivity index (χ1n) is 8.23. The smallest absolute Gasteiger partial charge is 0.148 e. The van der Waals surface area contributed by atoms with E-state index in [9.17, 15) is 0 Å². The van der Waals surface area contributed by atoms with Gasteiger partial charge in [-0.1, -0.05) is 27.5 Å². The Bertz CT molecular complexity index is 881. The number of nitrogens with one attached hydrogen (secondary N) is 1. The van der Waals surface area contributed by atoms with E-state index in [-0.39, 0.29) is 0 Å². The van der Waals surface area contributed by atoms with Gasteiger partial charge in [0.1, 0.15) is 5.82 Å². The molecular formula is C18H17BrClN5. The van der Waals surface area contributed by atoms with E-state index in [0.717, 1.165) is 47.1 Å². The van der Waals surface area contributed by atoms with E-state index < -0.39 is 0 Å². The fourth-order valence-corrected chi connectivity index (χ4v) is 4.15. The van der Waals surface area contributed by atoms with Crippen molar-refractivity contribution >= 4 is 49.9 Å². The second kappa shape index (κ2) is 7.14. The molecule has 7 heteroatoms. The van der Waals surface area contributed by atoms with Gasteiger partial charge >= 0.3 is 0 Å². The highest BCUT2D eigenvalue weighted by atomic mass is 79.9. The van der Waals surface area contributed by atoms with Gasteiger partial charge in [-0.05, 0) is 43.2 Å². The summed E-state index contributed by atoms with van der Waals surface area (Å²) in [4.78, 5) is 6.85. The van der Waals surface area contributed by atoms with Crippen LogP contribution in [0.15, 0.2) is 47.2 Å². The molecule has 5 nitrogen and oxygen atoms in total. The molecule has 1 saturated heterocycles. The number of nitrogens with zero attached hydrogens (tertiary/aromatic N) is 4. The van der Waals surface area contributed by atoms with Crippen LogP contribution in [0.5, 0.6) is 0 Å². The fraction of sp³-hybridized carbons (Fsp3) is 0.278. The summed E-state index contributed by atoms with van der Waals surface area (Å²) in [5, 5.41) is 13.2. The molecule has 25 heavy (non-hydrogen) atoms. The van der Waals surface area contributed by atoms with Gasteiger partial charge < -0.3 is 10.2 Å². The van der Waals surface area contributed by atoms with Crippen molar-refractivity contribution < 1.29 is 0 Å². The van der Waals surface area contributed by atoms with Crippen molar-refractivity contribution in [2.24, 2.45) is 0 Å². The second-order valence-electron chi connectivity index (χ2n) is 6.13. The number of aromatic nitrogens is 3. The molecule has 1 N–H and O–H groups in total. The van der Waals surface area contributed by atoms with Gasteiger partial charge in [-0.15, -0.1) is 5.10 Å². The van der Waals surface area contributed by atoms with E-state index in [1.54, 1.807) is 6.20 Å². The molecule has 1 fully saturated rings. The summed E-state index contributed by atoms with van der Waals surface area (Å²) >= 11 is 9.89. The van der Waals surface area contributed by atoms with Crippen molar-refractivity contribution in [3.8, 4) is 0 Å². The quantitative estimate of drug-likeness (QED) is 0.677. The van der Waals surface area contributed by atoms with Crippen molar-refractivity contribution in [3.63, 3.8) is 0 Å². The summed E-state index contributed by atoms with van der Waals surface area (Å²) in [5.41, 5.74) is 2.04. The number of halogens is 2. The predicted molar refractivity (Wildman–Crippen MR) is 105 cm³/mol. The van der Waals surface area contributed by atoms with Crippen molar-refractivity contribution in [3.05, 3.63) is 52.2 Å². The second-order valence-corrected chi connectivity index (χ2v) is 7.45. The van der Waals surface area contributed by atoms with E-state index in [0.29, 0.717) is 11.1 Å². The minimum atomic E-state index is 0.413. The van der Waals surface area contributed by atoms with Crippen LogP contribution >= 0.6 is 27.5 Å². The molecule has 1 aromatic carbocycles. The maximum Gasteiger partial charge on any atom is 0.148 e. The molecule has 0 radical (unpaired) electrons. The number of rotatable bonds is 3. The molecule has 0 unspecified atom stereocenters. The Kier molecular flexibility index (Phi) is 4.72. The van der Waals surface area contributed by atoms with E-state index in [1.807, 2.05) is 24.4 Å². The van der Waals surface area contributed by atoms with E-state index in [1.165, 1.54) is 5.69 Å². The van der Waals surface area contributed by atoms with Crippen molar-refractivity contribution in [1.29, 1.82) is 0 Å². The first kappa shape index (κ1) is 16.5. The average Bonchev–Trinajstić information content (AvgIpc) is 2.63. The van der Waals surface area contributed by atoms with Crippen LogP contribution in [0, 0.1) is 0 Å². The van der Waals surface area contributed by atoms with Gasteiger partial charge in [0.15, 0.2) is 0 Å². The summed E-state index contributed by atoms with van der Waals surface area (Å²) in [6, 6.07) is 10.3. The predicted octanol–water partition coefficient (Wildman–Crippen LogP) is 4.52. The van der Waals surface area contributed by atoms with Crippen LogP contribution in [-0.4, -0.2) is 34.3 Å². The van der Waals surface area contributed by atoms with Crippen molar-refractivity contribution in [1.82, 2.24) is 15.2 Å². The minimum Gasteiger partial charge on any atom is -0.371 e. The minimum absolute atomic E-state index is 0.413. The summed E-state index contributed by atoms with van der Waals surface area (Å²) in [6.07, 6.45) is 5.61. The van der Waals surface area contributed by atoms with Gasteiger partial charge in [-0.25, -0.2) is 0 Å². The third-order valence-electron chi connectivity index (χ3n) is 4.50. The molecule has 3 heterocycles. The first-order chi connectivity index (χ1) is 12.2. The van der Waals surface area contributed by atoms with Crippen LogP contribution in [0.25, 0.3) is 10.9 Å². The van der Waals surface area contributed by atoms with Crippen LogP contribution in [0.1, 0.15) is 12.8 Å². The maximum atomic E-state index is 6.35. The Morgan fingerprint density at radius 1 is 1.16 bits per heavy atom. The van der Waals surface area contributed by atoms with Gasteiger partial charge in [0.05, 0.1) is 10.5 Å². The number of anilines is 2. The van der Waals surface area contributed by atoms with Gasteiger partial charge in [0.25, 0.3) is 0 Å². The molecule has 0 amide bonds. The highest BCUT2D eigenvalue weighted by molar-refractivity contribution is 9.10. The van der Waals surface area contributed by atoms with Crippen molar-refractivity contribution in [2.45, 2.75) is 18.9 Å². The van der Waals surface area contributed by atoms with E-state index in [2.05, 4.69) is 53.5 Å². The lowest BCUT2D eigenvalue weighted by molar-refractivity contribution is 0.525. The zero-order chi connectivity index (χ0) is 17.2. The molecule has 0 atom stereocenters. The zero-order valence-electron chi connectivity index (χ0n) is 13.5. The fourth-order valence-electron chi connectivity index (χ4n) is 3.29. The number of hydrogen-bond donors (Lipinski definition) is 1. The summed E-state index contributed by atoms with van der Waals surface area (Å²) < 4.78 is 0.971. The number of pyridine rings is 1. The Labute approximate surface area is 159 Å². The lowest BCUT2D eigenvalue weighted by Gasteiger charge is -2.34. The van der Waals surface area contributed by atoms with E-state index >= 15 is 0 Å². The Morgan fingerprint density at radius 3 is 2.76 bits per heavy atom. The zero-order valence-corrected chi connectivity index (χ0v) is 15.8. The van der Waals surface area contributed by atoms with Gasteiger partial charge in [0, 0.05) is 47.1 Å². The van der Waals surface area contributed by atoms with Gasteiger partial charge in [-0.2, -0.15) is 5.10 Å². The third-order valence-corrected chi connectivity index (χ3v) is 5.25. The Hall–Kier alpha value is -1.92. The molecule has 128 valence electrons. The number of hydrogen-bond acceptors (Lipinski definition) is 5. The number of piperidine rings is 1. The summed E-state index contributed by atoms with van der Waals surface area (Å²) in [6.45, 7) is 1.95. The van der Waals surface area contributed by atoms with Crippen LogP contribution in [0.4, 0.5) is 11.5 Å². The number of fused-ring (bicyclic) bond motifs is 1. The normalized spacial score (nSPS) is 15.5. The monoisotopic (exact) mass is 417 g/mol. The average molecular weight is 419 g/mol. The van der Waals surface area contributed by atoms with E-state index in [4.69, 9.17) is 11.6 Å². The lowest BCUT2D eigenvalue weighted by atomic mass is 10.0.